The molecule has 1 atom stereocenters. The van der Waals surface area contributed by atoms with Crippen LogP contribution in [0.2, 0.25) is 0 Å². The van der Waals surface area contributed by atoms with Gasteiger partial charge in [-0.25, -0.2) is 4.79 Å². The average molecular weight is 218 g/mol. The van der Waals surface area contributed by atoms with Crippen LogP contribution in [0.1, 0.15) is 5.56 Å². The van der Waals surface area contributed by atoms with Crippen LogP contribution in [0.4, 0.5) is 5.69 Å². The second-order valence-electron chi connectivity index (χ2n) is 2.76. The first-order chi connectivity index (χ1) is 6.11. The maximum atomic E-state index is 10.3. The van der Waals surface area contributed by atoms with Crippen LogP contribution < -0.4 is 5.73 Å². The van der Waals surface area contributed by atoms with Crippen LogP contribution >= 0.6 is 12.4 Å². The zero-order valence-electron chi connectivity index (χ0n) is 7.38. The Labute approximate surface area is 87.8 Å². The molecule has 1 rings (SSSR count). The van der Waals surface area contributed by atoms with E-state index in [-0.39, 0.29) is 18.8 Å². The molecular weight excluding hydrogens is 206 g/mol. The van der Waals surface area contributed by atoms with E-state index in [2.05, 4.69) is 0 Å². The zero-order chi connectivity index (χ0) is 9.84. The Morgan fingerprint density at radius 2 is 2.00 bits per heavy atom. The van der Waals surface area contributed by atoms with Crippen molar-refractivity contribution in [2.45, 2.75) is 12.5 Å². The number of hydrogen-bond donors (Lipinski definition) is 3. The Morgan fingerprint density at radius 3 is 2.50 bits per heavy atom. The average Bonchev–Trinajstić information content (AvgIpc) is 2.08. The number of carbonyl (C=O) groups is 1. The lowest BCUT2D eigenvalue weighted by atomic mass is 10.1. The van der Waals surface area contributed by atoms with Gasteiger partial charge in [-0.3, -0.25) is 0 Å². The SMILES string of the molecule is Cl.Nc1ccccc1CC(O)C(=O)O. The van der Waals surface area contributed by atoms with Gasteiger partial charge < -0.3 is 15.9 Å². The smallest absolute Gasteiger partial charge is 0.332 e. The second kappa shape index (κ2) is 5.47. The summed E-state index contributed by atoms with van der Waals surface area (Å²) in [5.74, 6) is -1.23. The molecule has 0 aromatic heterocycles. The number of benzene rings is 1. The minimum atomic E-state index is -1.38. The molecule has 5 heteroatoms. The fourth-order valence-electron chi connectivity index (χ4n) is 1.02. The molecule has 0 amide bonds. The van der Waals surface area contributed by atoms with Crippen molar-refractivity contribution in [3.63, 3.8) is 0 Å². The van der Waals surface area contributed by atoms with Crippen molar-refractivity contribution >= 4 is 24.1 Å². The van der Waals surface area contributed by atoms with Gasteiger partial charge in [0.05, 0.1) is 0 Å². The van der Waals surface area contributed by atoms with E-state index in [0.29, 0.717) is 11.3 Å². The van der Waals surface area contributed by atoms with E-state index in [1.807, 2.05) is 0 Å². The highest BCUT2D eigenvalue weighted by atomic mass is 35.5. The van der Waals surface area contributed by atoms with Crippen molar-refractivity contribution in [3.05, 3.63) is 29.8 Å². The second-order valence-corrected chi connectivity index (χ2v) is 2.76. The van der Waals surface area contributed by atoms with Gasteiger partial charge in [-0.15, -0.1) is 12.4 Å². The molecular formula is C9H12ClNO3. The van der Waals surface area contributed by atoms with Crippen molar-refractivity contribution in [3.8, 4) is 0 Å². The first kappa shape index (κ1) is 12.7. The molecule has 0 bridgehead atoms. The van der Waals surface area contributed by atoms with E-state index in [1.165, 1.54) is 0 Å². The van der Waals surface area contributed by atoms with Crippen LogP contribution in [-0.2, 0) is 11.2 Å². The molecule has 0 spiro atoms. The predicted molar refractivity (Wildman–Crippen MR) is 55.4 cm³/mol. The van der Waals surface area contributed by atoms with Crippen LogP contribution in [0.3, 0.4) is 0 Å². The number of carboxylic acids is 1. The fraction of sp³-hybridized carbons (Fsp3) is 0.222. The number of carboxylic acid groups (broad SMARTS) is 1. The molecule has 0 radical (unpaired) electrons. The van der Waals surface area contributed by atoms with Gasteiger partial charge in [0, 0.05) is 12.1 Å². The van der Waals surface area contributed by atoms with E-state index < -0.39 is 12.1 Å². The van der Waals surface area contributed by atoms with Gasteiger partial charge in [0.1, 0.15) is 0 Å². The third-order valence-corrected chi connectivity index (χ3v) is 1.75. The minimum absolute atomic E-state index is 0. The summed E-state index contributed by atoms with van der Waals surface area (Å²) >= 11 is 0. The number of aliphatic carboxylic acids is 1. The topological polar surface area (TPSA) is 83.5 Å². The van der Waals surface area contributed by atoms with Crippen LogP contribution in [0.5, 0.6) is 0 Å². The maximum Gasteiger partial charge on any atom is 0.332 e. The molecule has 0 fully saturated rings. The quantitative estimate of drug-likeness (QED) is 0.650. The molecule has 0 aliphatic carbocycles. The summed E-state index contributed by atoms with van der Waals surface area (Å²) in [5.41, 5.74) is 6.72. The van der Waals surface area contributed by atoms with Crippen molar-refractivity contribution in [2.75, 3.05) is 5.73 Å². The molecule has 78 valence electrons. The number of hydrogen-bond acceptors (Lipinski definition) is 3. The fourth-order valence-corrected chi connectivity index (χ4v) is 1.02. The number of para-hydroxylation sites is 1. The number of aliphatic hydroxyl groups is 1. The van der Waals surface area contributed by atoms with E-state index in [0.717, 1.165) is 0 Å². The highest BCUT2D eigenvalue weighted by Gasteiger charge is 2.14. The van der Waals surface area contributed by atoms with Gasteiger partial charge >= 0.3 is 5.97 Å². The molecule has 4 N–H and O–H groups in total. The first-order valence-electron chi connectivity index (χ1n) is 3.85. The number of halogens is 1. The Kier molecular flexibility index (Phi) is 4.97. The van der Waals surface area contributed by atoms with Crippen LogP contribution in [0, 0.1) is 0 Å². The van der Waals surface area contributed by atoms with E-state index in [9.17, 15) is 4.79 Å². The van der Waals surface area contributed by atoms with E-state index >= 15 is 0 Å². The Bertz CT molecular complexity index is 317. The van der Waals surface area contributed by atoms with E-state index in [1.54, 1.807) is 24.3 Å². The van der Waals surface area contributed by atoms with Crippen molar-refractivity contribution in [1.82, 2.24) is 0 Å². The van der Waals surface area contributed by atoms with Gasteiger partial charge in [-0.1, -0.05) is 18.2 Å². The summed E-state index contributed by atoms with van der Waals surface area (Å²) in [4.78, 5) is 10.3. The molecule has 0 heterocycles. The lowest BCUT2D eigenvalue weighted by Gasteiger charge is -2.07. The molecule has 1 aromatic carbocycles. The number of rotatable bonds is 3. The summed E-state index contributed by atoms with van der Waals surface area (Å²) in [7, 11) is 0. The first-order valence-corrected chi connectivity index (χ1v) is 3.85. The third-order valence-electron chi connectivity index (χ3n) is 1.75. The maximum absolute atomic E-state index is 10.3. The van der Waals surface area contributed by atoms with Gasteiger partial charge in [0.2, 0.25) is 0 Å². The monoisotopic (exact) mass is 217 g/mol. The van der Waals surface area contributed by atoms with Gasteiger partial charge in [-0.05, 0) is 11.6 Å². The number of anilines is 1. The summed E-state index contributed by atoms with van der Waals surface area (Å²) in [6, 6.07) is 6.87. The normalized spacial score (nSPS) is 11.5. The zero-order valence-corrected chi connectivity index (χ0v) is 8.20. The van der Waals surface area contributed by atoms with Crippen LogP contribution in [-0.4, -0.2) is 22.3 Å². The predicted octanol–water partition coefficient (Wildman–Crippen LogP) is 0.679. The molecule has 0 aliphatic rings. The molecule has 4 nitrogen and oxygen atoms in total. The van der Waals surface area contributed by atoms with Crippen molar-refractivity contribution in [1.29, 1.82) is 0 Å². The summed E-state index contributed by atoms with van der Waals surface area (Å²) in [6.07, 6.45) is -1.34. The van der Waals surface area contributed by atoms with Crippen LogP contribution in [0.25, 0.3) is 0 Å². The molecule has 14 heavy (non-hydrogen) atoms. The summed E-state index contributed by atoms with van der Waals surface area (Å²) in [5, 5.41) is 17.5. The third kappa shape index (κ3) is 3.24. The van der Waals surface area contributed by atoms with Crippen LogP contribution in [0.15, 0.2) is 24.3 Å². The molecule has 0 aliphatic heterocycles. The molecule has 0 saturated heterocycles. The molecule has 1 unspecified atom stereocenters. The molecule has 1 aromatic rings. The number of nitrogens with two attached hydrogens (primary N) is 1. The van der Waals surface area contributed by atoms with Crippen molar-refractivity contribution in [2.24, 2.45) is 0 Å². The van der Waals surface area contributed by atoms with Gasteiger partial charge in [-0.2, -0.15) is 0 Å². The number of nitrogen functional groups attached to an aromatic ring is 1. The van der Waals surface area contributed by atoms with Gasteiger partial charge in [0.15, 0.2) is 6.10 Å². The largest absolute Gasteiger partial charge is 0.479 e. The minimum Gasteiger partial charge on any atom is -0.479 e. The highest BCUT2D eigenvalue weighted by molar-refractivity contribution is 5.85. The lowest BCUT2D eigenvalue weighted by molar-refractivity contribution is -0.146. The summed E-state index contributed by atoms with van der Waals surface area (Å²) < 4.78 is 0. The number of aliphatic hydroxyl groups excluding tert-OH is 1. The standard InChI is InChI=1S/C9H11NO3.ClH/c10-7-4-2-1-3-6(7)5-8(11)9(12)13;/h1-4,8,11H,5,10H2,(H,12,13);1H. The summed E-state index contributed by atoms with van der Waals surface area (Å²) in [6.45, 7) is 0. The Morgan fingerprint density at radius 1 is 1.43 bits per heavy atom. The van der Waals surface area contributed by atoms with Gasteiger partial charge in [0.25, 0.3) is 0 Å². The lowest BCUT2D eigenvalue weighted by Crippen LogP contribution is -2.22. The Balaban J connectivity index is 0.00000169. The highest BCUT2D eigenvalue weighted by Crippen LogP contribution is 2.12. The molecule has 0 saturated carbocycles. The van der Waals surface area contributed by atoms with Crippen molar-refractivity contribution < 1.29 is 15.0 Å². The van der Waals surface area contributed by atoms with E-state index in [4.69, 9.17) is 15.9 Å². The Hall–Kier alpha value is -1.26.